The second kappa shape index (κ2) is 5.83. The van der Waals surface area contributed by atoms with E-state index in [-0.39, 0.29) is 5.41 Å². The van der Waals surface area contributed by atoms with Gasteiger partial charge < -0.3 is 4.74 Å². The summed E-state index contributed by atoms with van der Waals surface area (Å²) in [5.74, 6) is 0. The van der Waals surface area contributed by atoms with Gasteiger partial charge in [-0.2, -0.15) is 0 Å². The first-order valence-corrected chi connectivity index (χ1v) is 6.02. The number of hydrogen-bond donors (Lipinski definition) is 0. The Labute approximate surface area is 98.3 Å². The first kappa shape index (κ1) is 12.9. The summed E-state index contributed by atoms with van der Waals surface area (Å²) in [4.78, 5) is 8.37. The second-order valence-corrected chi connectivity index (χ2v) is 4.48. The van der Waals surface area contributed by atoms with E-state index in [0.29, 0.717) is 6.01 Å². The van der Waals surface area contributed by atoms with Gasteiger partial charge in [0.1, 0.15) is 0 Å². The molecule has 0 aromatic carbocycles. The zero-order valence-electron chi connectivity index (χ0n) is 10.8. The summed E-state index contributed by atoms with van der Waals surface area (Å²) >= 11 is 0. The highest BCUT2D eigenvalue weighted by Crippen LogP contribution is 2.32. The van der Waals surface area contributed by atoms with Crippen LogP contribution in [-0.4, -0.2) is 17.1 Å². The van der Waals surface area contributed by atoms with Crippen LogP contribution in [0.3, 0.4) is 0 Å². The maximum absolute atomic E-state index is 4.97. The van der Waals surface area contributed by atoms with Crippen LogP contribution in [0.1, 0.15) is 52.0 Å². The van der Waals surface area contributed by atoms with E-state index in [4.69, 9.17) is 4.74 Å². The van der Waals surface area contributed by atoms with Gasteiger partial charge in [-0.1, -0.05) is 33.6 Å². The molecule has 1 aromatic rings. The van der Waals surface area contributed by atoms with Crippen LogP contribution in [0.2, 0.25) is 0 Å². The van der Waals surface area contributed by atoms with Crippen molar-refractivity contribution in [1.82, 2.24) is 9.97 Å². The fraction of sp³-hybridized carbons (Fsp3) is 0.692. The van der Waals surface area contributed by atoms with E-state index in [2.05, 4.69) is 30.7 Å². The Morgan fingerprint density at radius 2 is 1.88 bits per heavy atom. The van der Waals surface area contributed by atoms with E-state index >= 15 is 0 Å². The topological polar surface area (TPSA) is 35.0 Å². The lowest BCUT2D eigenvalue weighted by atomic mass is 9.77. The molecule has 1 aromatic heterocycles. The van der Waals surface area contributed by atoms with Crippen molar-refractivity contribution in [2.24, 2.45) is 0 Å². The Morgan fingerprint density at radius 1 is 1.25 bits per heavy atom. The largest absolute Gasteiger partial charge is 0.467 e. The SMILES string of the molecule is CCCCC(C)(CC)c1cnc(OC)nc1. The molecule has 0 N–H and O–H groups in total. The van der Waals surface area contributed by atoms with E-state index < -0.39 is 0 Å². The molecule has 3 nitrogen and oxygen atoms in total. The van der Waals surface area contributed by atoms with Crippen LogP contribution >= 0.6 is 0 Å². The summed E-state index contributed by atoms with van der Waals surface area (Å²) in [5.41, 5.74) is 1.41. The first-order valence-electron chi connectivity index (χ1n) is 6.02. The van der Waals surface area contributed by atoms with E-state index in [1.54, 1.807) is 7.11 Å². The molecule has 1 heterocycles. The van der Waals surface area contributed by atoms with Crippen LogP contribution in [0.25, 0.3) is 0 Å². The standard InChI is InChI=1S/C13H22N2O/c1-5-7-8-13(3,6-2)11-9-14-12(16-4)15-10-11/h9-10H,5-8H2,1-4H3. The van der Waals surface area contributed by atoms with Crippen molar-refractivity contribution in [3.05, 3.63) is 18.0 Å². The van der Waals surface area contributed by atoms with Gasteiger partial charge >= 0.3 is 6.01 Å². The predicted octanol–water partition coefficient (Wildman–Crippen LogP) is 3.34. The summed E-state index contributed by atoms with van der Waals surface area (Å²) in [6.07, 6.45) is 8.57. The quantitative estimate of drug-likeness (QED) is 0.740. The second-order valence-electron chi connectivity index (χ2n) is 4.48. The summed E-state index contributed by atoms with van der Waals surface area (Å²) in [5, 5.41) is 0. The van der Waals surface area contributed by atoms with Crippen molar-refractivity contribution in [2.45, 2.75) is 51.9 Å². The Kier molecular flexibility index (Phi) is 4.71. The average molecular weight is 222 g/mol. The monoisotopic (exact) mass is 222 g/mol. The van der Waals surface area contributed by atoms with Gasteiger partial charge in [0.25, 0.3) is 0 Å². The van der Waals surface area contributed by atoms with Crippen LogP contribution in [0.5, 0.6) is 6.01 Å². The van der Waals surface area contributed by atoms with Crippen LogP contribution in [-0.2, 0) is 5.41 Å². The number of aromatic nitrogens is 2. The number of methoxy groups -OCH3 is 1. The molecular weight excluding hydrogens is 200 g/mol. The van der Waals surface area contributed by atoms with Crippen LogP contribution < -0.4 is 4.74 Å². The van der Waals surface area contributed by atoms with Gasteiger partial charge in [0.05, 0.1) is 7.11 Å². The fourth-order valence-corrected chi connectivity index (χ4v) is 1.83. The van der Waals surface area contributed by atoms with Gasteiger partial charge in [-0.3, -0.25) is 0 Å². The lowest BCUT2D eigenvalue weighted by molar-refractivity contribution is 0.370. The smallest absolute Gasteiger partial charge is 0.316 e. The molecule has 16 heavy (non-hydrogen) atoms. The maximum Gasteiger partial charge on any atom is 0.316 e. The maximum atomic E-state index is 4.97. The Bertz CT molecular complexity index is 310. The van der Waals surface area contributed by atoms with Crippen molar-refractivity contribution >= 4 is 0 Å². The molecule has 0 bridgehead atoms. The summed E-state index contributed by atoms with van der Waals surface area (Å²) < 4.78 is 4.97. The van der Waals surface area contributed by atoms with E-state index in [1.165, 1.54) is 24.8 Å². The molecule has 0 aliphatic rings. The van der Waals surface area contributed by atoms with Gasteiger partial charge in [0, 0.05) is 12.4 Å². The number of nitrogens with zero attached hydrogens (tertiary/aromatic N) is 2. The van der Waals surface area contributed by atoms with Crippen molar-refractivity contribution in [1.29, 1.82) is 0 Å². The van der Waals surface area contributed by atoms with Crippen molar-refractivity contribution in [3.63, 3.8) is 0 Å². The Balaban J connectivity index is 2.84. The van der Waals surface area contributed by atoms with Crippen molar-refractivity contribution < 1.29 is 4.74 Å². The molecule has 1 atom stereocenters. The lowest BCUT2D eigenvalue weighted by Gasteiger charge is -2.28. The molecular formula is C13H22N2O. The van der Waals surface area contributed by atoms with E-state index in [1.807, 2.05) is 12.4 Å². The molecule has 0 fully saturated rings. The zero-order chi connectivity index (χ0) is 12.0. The molecule has 1 unspecified atom stereocenters. The molecule has 0 aliphatic carbocycles. The minimum atomic E-state index is 0.197. The third-order valence-electron chi connectivity index (χ3n) is 3.37. The highest BCUT2D eigenvalue weighted by Gasteiger charge is 2.24. The van der Waals surface area contributed by atoms with E-state index in [0.717, 1.165) is 6.42 Å². The van der Waals surface area contributed by atoms with E-state index in [9.17, 15) is 0 Å². The summed E-state index contributed by atoms with van der Waals surface area (Å²) in [6.45, 7) is 6.73. The van der Waals surface area contributed by atoms with Crippen molar-refractivity contribution in [2.75, 3.05) is 7.11 Å². The molecule has 1 rings (SSSR count). The van der Waals surface area contributed by atoms with Gasteiger partial charge in [0.15, 0.2) is 0 Å². The Hall–Kier alpha value is -1.12. The van der Waals surface area contributed by atoms with Gasteiger partial charge in [-0.25, -0.2) is 9.97 Å². The molecule has 0 saturated carbocycles. The molecule has 0 amide bonds. The number of rotatable bonds is 6. The first-order chi connectivity index (χ1) is 7.66. The van der Waals surface area contributed by atoms with Crippen LogP contribution in [0.15, 0.2) is 12.4 Å². The van der Waals surface area contributed by atoms with Crippen LogP contribution in [0.4, 0.5) is 0 Å². The molecule has 0 aliphatic heterocycles. The minimum absolute atomic E-state index is 0.197. The summed E-state index contributed by atoms with van der Waals surface area (Å²) in [6, 6.07) is 0.442. The molecule has 0 spiro atoms. The molecule has 3 heteroatoms. The number of ether oxygens (including phenoxy) is 1. The van der Waals surface area contributed by atoms with Gasteiger partial charge in [-0.15, -0.1) is 0 Å². The van der Waals surface area contributed by atoms with Gasteiger partial charge in [-0.05, 0) is 23.8 Å². The third kappa shape index (κ3) is 2.94. The molecule has 0 saturated heterocycles. The highest BCUT2D eigenvalue weighted by atomic mass is 16.5. The molecule has 0 radical (unpaired) electrons. The lowest BCUT2D eigenvalue weighted by Crippen LogP contribution is -2.21. The average Bonchev–Trinajstić information content (AvgIpc) is 2.36. The van der Waals surface area contributed by atoms with Gasteiger partial charge in [0.2, 0.25) is 0 Å². The number of hydrogen-bond acceptors (Lipinski definition) is 3. The zero-order valence-corrected chi connectivity index (χ0v) is 10.8. The van der Waals surface area contributed by atoms with Crippen molar-refractivity contribution in [3.8, 4) is 6.01 Å². The predicted molar refractivity (Wildman–Crippen MR) is 65.8 cm³/mol. The Morgan fingerprint density at radius 3 is 2.31 bits per heavy atom. The molecule has 90 valence electrons. The number of unbranched alkanes of at least 4 members (excludes halogenated alkanes) is 1. The fourth-order valence-electron chi connectivity index (χ4n) is 1.83. The summed E-state index contributed by atoms with van der Waals surface area (Å²) in [7, 11) is 1.59. The normalized spacial score (nSPS) is 14.5. The third-order valence-corrected chi connectivity index (χ3v) is 3.37. The minimum Gasteiger partial charge on any atom is -0.467 e. The highest BCUT2D eigenvalue weighted by molar-refractivity contribution is 5.19. The van der Waals surface area contributed by atoms with Crippen LogP contribution in [0, 0.1) is 0 Å².